The number of benzene rings is 1. The van der Waals surface area contributed by atoms with E-state index < -0.39 is 0 Å². The molecule has 0 aliphatic carbocycles. The van der Waals surface area contributed by atoms with Gasteiger partial charge in [-0.25, -0.2) is 0 Å². The highest BCUT2D eigenvalue weighted by atomic mass is 79.9. The Bertz CT molecular complexity index is 450. The lowest BCUT2D eigenvalue weighted by atomic mass is 10.0. The first kappa shape index (κ1) is 9.68. The molecule has 1 aromatic carbocycles. The van der Waals surface area contributed by atoms with Crippen molar-refractivity contribution in [1.29, 1.82) is 0 Å². The molecule has 0 bridgehead atoms. The molecule has 0 aliphatic rings. The fourth-order valence-corrected chi connectivity index (χ4v) is 2.09. The Morgan fingerprint density at radius 2 is 2.29 bits per heavy atom. The van der Waals surface area contributed by atoms with Gasteiger partial charge >= 0.3 is 0 Å². The van der Waals surface area contributed by atoms with E-state index in [0.29, 0.717) is 6.04 Å². The second kappa shape index (κ2) is 3.71. The maximum atomic E-state index is 4.20. The highest BCUT2D eigenvalue weighted by Crippen LogP contribution is 2.28. The predicted octanol–water partition coefficient (Wildman–Crippen LogP) is 2.61. The van der Waals surface area contributed by atoms with Crippen LogP contribution in [0.4, 0.5) is 0 Å². The van der Waals surface area contributed by atoms with Crippen LogP contribution in [0.5, 0.6) is 0 Å². The van der Waals surface area contributed by atoms with E-state index in [4.69, 9.17) is 0 Å². The molecule has 2 aromatic rings. The highest BCUT2D eigenvalue weighted by molar-refractivity contribution is 9.10. The summed E-state index contributed by atoms with van der Waals surface area (Å²) in [5, 5.41) is 11.5. The molecule has 1 atom stereocenters. The van der Waals surface area contributed by atoms with Gasteiger partial charge in [0.25, 0.3) is 0 Å². The van der Waals surface area contributed by atoms with Crippen molar-refractivity contribution in [3.63, 3.8) is 0 Å². The summed E-state index contributed by atoms with van der Waals surface area (Å²) in [5.41, 5.74) is 2.25. The number of aromatic nitrogens is 2. The molecule has 0 saturated carbocycles. The van der Waals surface area contributed by atoms with Crippen molar-refractivity contribution in [1.82, 2.24) is 15.5 Å². The van der Waals surface area contributed by atoms with Crippen LogP contribution in [-0.2, 0) is 0 Å². The third-order valence-electron chi connectivity index (χ3n) is 2.47. The van der Waals surface area contributed by atoms with E-state index in [-0.39, 0.29) is 0 Å². The quantitative estimate of drug-likeness (QED) is 0.864. The molecule has 74 valence electrons. The van der Waals surface area contributed by atoms with E-state index in [0.717, 1.165) is 15.5 Å². The zero-order valence-electron chi connectivity index (χ0n) is 8.13. The molecule has 2 rings (SSSR count). The van der Waals surface area contributed by atoms with Crippen LogP contribution < -0.4 is 5.32 Å². The molecule has 1 aromatic heterocycles. The summed E-state index contributed by atoms with van der Waals surface area (Å²) in [6.07, 6.45) is 0. The van der Waals surface area contributed by atoms with Crippen molar-refractivity contribution in [3.8, 4) is 0 Å². The fraction of sp³-hybridized carbons (Fsp3) is 0.300. The Morgan fingerprint density at radius 1 is 1.50 bits per heavy atom. The van der Waals surface area contributed by atoms with Crippen LogP contribution in [0.15, 0.2) is 22.8 Å². The molecule has 0 aliphatic heterocycles. The van der Waals surface area contributed by atoms with Crippen LogP contribution in [0, 0.1) is 0 Å². The zero-order valence-corrected chi connectivity index (χ0v) is 9.72. The number of nitrogens with zero attached hydrogens (tertiary/aromatic N) is 1. The van der Waals surface area contributed by atoms with Gasteiger partial charge in [0.15, 0.2) is 0 Å². The maximum Gasteiger partial charge on any atom is 0.109 e. The molecule has 14 heavy (non-hydrogen) atoms. The van der Waals surface area contributed by atoms with Gasteiger partial charge in [-0.15, -0.1) is 0 Å². The van der Waals surface area contributed by atoms with Gasteiger partial charge in [-0.2, -0.15) is 5.10 Å². The van der Waals surface area contributed by atoms with Gasteiger partial charge in [0, 0.05) is 11.4 Å². The Kier molecular flexibility index (Phi) is 2.56. The van der Waals surface area contributed by atoms with E-state index >= 15 is 0 Å². The smallest absolute Gasteiger partial charge is 0.109 e. The van der Waals surface area contributed by atoms with Crippen LogP contribution in [0.1, 0.15) is 18.5 Å². The van der Waals surface area contributed by atoms with Gasteiger partial charge in [0.05, 0.1) is 5.52 Å². The second-order valence-electron chi connectivity index (χ2n) is 3.29. The molecule has 0 radical (unpaired) electrons. The zero-order chi connectivity index (χ0) is 10.1. The third-order valence-corrected chi connectivity index (χ3v) is 3.04. The lowest BCUT2D eigenvalue weighted by Gasteiger charge is -2.11. The summed E-state index contributed by atoms with van der Waals surface area (Å²) in [6, 6.07) is 6.47. The molecule has 4 heteroatoms. The van der Waals surface area contributed by atoms with E-state index in [1.165, 1.54) is 5.56 Å². The van der Waals surface area contributed by atoms with Crippen LogP contribution in [0.2, 0.25) is 0 Å². The number of hydrogen-bond acceptors (Lipinski definition) is 2. The lowest BCUT2D eigenvalue weighted by Crippen LogP contribution is -2.12. The molecule has 0 amide bonds. The number of aromatic amines is 1. The van der Waals surface area contributed by atoms with Crippen LogP contribution in [-0.4, -0.2) is 17.2 Å². The standard InChI is InChI=1S/C10H12BrN3/c1-6(12-2)7-4-3-5-8-9(7)10(11)14-13-8/h3-6,12H,1-2H3,(H,13,14). The van der Waals surface area contributed by atoms with Gasteiger partial charge in [-0.05, 0) is 41.5 Å². The third kappa shape index (κ3) is 1.44. The van der Waals surface area contributed by atoms with Gasteiger partial charge < -0.3 is 5.32 Å². The van der Waals surface area contributed by atoms with E-state index in [9.17, 15) is 0 Å². The minimum atomic E-state index is 0.326. The average molecular weight is 254 g/mol. The Hall–Kier alpha value is -0.870. The minimum absolute atomic E-state index is 0.326. The Balaban J connectivity index is 2.69. The number of fused-ring (bicyclic) bond motifs is 1. The summed E-state index contributed by atoms with van der Waals surface area (Å²) < 4.78 is 0.949. The molecule has 2 N–H and O–H groups in total. The van der Waals surface area contributed by atoms with Gasteiger partial charge in [0.2, 0.25) is 0 Å². The van der Waals surface area contributed by atoms with Gasteiger partial charge in [0.1, 0.15) is 4.60 Å². The van der Waals surface area contributed by atoms with Crippen molar-refractivity contribution in [3.05, 3.63) is 28.4 Å². The Labute approximate surface area is 91.0 Å². The highest BCUT2D eigenvalue weighted by Gasteiger charge is 2.11. The first-order chi connectivity index (χ1) is 6.74. The number of H-pyrrole nitrogens is 1. The maximum absolute atomic E-state index is 4.20. The Morgan fingerprint density at radius 3 is 3.00 bits per heavy atom. The molecular formula is C10H12BrN3. The number of rotatable bonds is 2. The number of hydrogen-bond donors (Lipinski definition) is 2. The lowest BCUT2D eigenvalue weighted by molar-refractivity contribution is 0.657. The second-order valence-corrected chi connectivity index (χ2v) is 4.08. The fourth-order valence-electron chi connectivity index (χ4n) is 1.57. The van der Waals surface area contributed by atoms with Crippen molar-refractivity contribution in [2.75, 3.05) is 7.05 Å². The van der Waals surface area contributed by atoms with Crippen LogP contribution >= 0.6 is 15.9 Å². The summed E-state index contributed by atoms with van der Waals surface area (Å²) in [6.45, 7) is 2.13. The molecular weight excluding hydrogens is 242 g/mol. The molecule has 0 saturated heterocycles. The minimum Gasteiger partial charge on any atom is -0.313 e. The SMILES string of the molecule is CNC(C)c1cccc2n[nH]c(Br)c12. The molecule has 0 fully saturated rings. The topological polar surface area (TPSA) is 40.7 Å². The summed E-state index contributed by atoms with van der Waals surface area (Å²) in [7, 11) is 1.96. The normalized spacial score (nSPS) is 13.4. The van der Waals surface area contributed by atoms with Crippen molar-refractivity contribution >= 4 is 26.8 Å². The molecule has 1 heterocycles. The van der Waals surface area contributed by atoms with Crippen LogP contribution in [0.25, 0.3) is 10.9 Å². The van der Waals surface area contributed by atoms with Crippen molar-refractivity contribution in [2.24, 2.45) is 0 Å². The van der Waals surface area contributed by atoms with Crippen LogP contribution in [0.3, 0.4) is 0 Å². The van der Waals surface area contributed by atoms with Gasteiger partial charge in [-0.3, -0.25) is 5.10 Å². The monoisotopic (exact) mass is 253 g/mol. The largest absolute Gasteiger partial charge is 0.313 e. The summed E-state index contributed by atoms with van der Waals surface area (Å²) >= 11 is 3.47. The summed E-state index contributed by atoms with van der Waals surface area (Å²) in [5.74, 6) is 0. The first-order valence-electron chi connectivity index (χ1n) is 4.53. The van der Waals surface area contributed by atoms with Crippen molar-refractivity contribution in [2.45, 2.75) is 13.0 Å². The van der Waals surface area contributed by atoms with E-state index in [1.54, 1.807) is 0 Å². The molecule has 1 unspecified atom stereocenters. The molecule has 0 spiro atoms. The van der Waals surface area contributed by atoms with E-state index in [1.807, 2.05) is 19.2 Å². The average Bonchev–Trinajstić information content (AvgIpc) is 2.59. The number of halogens is 1. The van der Waals surface area contributed by atoms with Crippen molar-refractivity contribution < 1.29 is 0 Å². The van der Waals surface area contributed by atoms with Gasteiger partial charge in [-0.1, -0.05) is 12.1 Å². The summed E-state index contributed by atoms with van der Waals surface area (Å²) in [4.78, 5) is 0. The predicted molar refractivity (Wildman–Crippen MR) is 61.3 cm³/mol. The number of nitrogens with one attached hydrogen (secondary N) is 2. The first-order valence-corrected chi connectivity index (χ1v) is 5.33. The molecule has 3 nitrogen and oxygen atoms in total. The van der Waals surface area contributed by atoms with E-state index in [2.05, 4.69) is 44.4 Å².